The third kappa shape index (κ3) is 6.88. The van der Waals surface area contributed by atoms with Gasteiger partial charge < -0.3 is 10.4 Å². The molecule has 0 bridgehead atoms. The van der Waals surface area contributed by atoms with Gasteiger partial charge in [0.2, 0.25) is 0 Å². The summed E-state index contributed by atoms with van der Waals surface area (Å²) < 4.78 is 38.4. The summed E-state index contributed by atoms with van der Waals surface area (Å²) in [5.74, 6) is -1.16. The molecule has 0 saturated heterocycles. The van der Waals surface area contributed by atoms with Gasteiger partial charge in [-0.15, -0.1) is 11.3 Å². The van der Waals surface area contributed by atoms with Crippen molar-refractivity contribution in [3.05, 3.63) is 93.9 Å². The standard InChI is InChI=1S/C29H26F3N3O3S/c1-28(2,3)24-13-12-23(39-24)26(36)35-22(27(37)38)14-17-4-6-19(7-5-17)25-33-15-20(16-34-25)18-8-10-21(11-9-18)29(30,31)32/h4-13,15-16,22H,14H2,1-3H3,(H,35,36)(H,37,38). The zero-order chi connectivity index (χ0) is 28.4. The van der Waals surface area contributed by atoms with Gasteiger partial charge in [-0.25, -0.2) is 14.8 Å². The maximum atomic E-state index is 12.8. The van der Waals surface area contributed by atoms with E-state index in [-0.39, 0.29) is 11.8 Å². The molecule has 2 heterocycles. The first kappa shape index (κ1) is 28.0. The fourth-order valence-corrected chi connectivity index (χ4v) is 4.76. The molecular formula is C29H26F3N3O3S. The molecule has 1 unspecified atom stereocenters. The summed E-state index contributed by atoms with van der Waals surface area (Å²) >= 11 is 1.34. The van der Waals surface area contributed by atoms with E-state index in [1.807, 2.05) is 26.8 Å². The van der Waals surface area contributed by atoms with Crippen LogP contribution in [-0.2, 0) is 22.8 Å². The van der Waals surface area contributed by atoms with Gasteiger partial charge in [0, 0.05) is 34.8 Å². The average molecular weight is 554 g/mol. The number of hydrogen-bond donors (Lipinski definition) is 2. The second-order valence-electron chi connectivity index (χ2n) is 10.0. The van der Waals surface area contributed by atoms with E-state index >= 15 is 0 Å². The Morgan fingerprint density at radius 2 is 1.46 bits per heavy atom. The molecule has 0 fully saturated rings. The van der Waals surface area contributed by atoms with Crippen LogP contribution >= 0.6 is 11.3 Å². The quantitative estimate of drug-likeness (QED) is 0.269. The molecule has 0 aliphatic carbocycles. The maximum Gasteiger partial charge on any atom is 0.416 e. The van der Waals surface area contributed by atoms with E-state index in [1.54, 1.807) is 30.3 Å². The lowest BCUT2D eigenvalue weighted by atomic mass is 9.95. The van der Waals surface area contributed by atoms with Crippen molar-refractivity contribution in [3.63, 3.8) is 0 Å². The van der Waals surface area contributed by atoms with Crippen molar-refractivity contribution in [2.45, 2.75) is 44.8 Å². The first-order valence-electron chi connectivity index (χ1n) is 12.0. The number of carbonyl (C=O) groups is 2. The summed E-state index contributed by atoms with van der Waals surface area (Å²) in [5, 5.41) is 12.3. The van der Waals surface area contributed by atoms with Crippen LogP contribution in [0.25, 0.3) is 22.5 Å². The molecule has 1 amide bonds. The lowest BCUT2D eigenvalue weighted by Crippen LogP contribution is -2.42. The van der Waals surface area contributed by atoms with Gasteiger partial charge in [0.1, 0.15) is 6.04 Å². The van der Waals surface area contributed by atoms with Crippen LogP contribution < -0.4 is 5.32 Å². The Hall–Kier alpha value is -4.05. The zero-order valence-electron chi connectivity index (χ0n) is 21.4. The number of benzene rings is 2. The molecule has 4 aromatic rings. The lowest BCUT2D eigenvalue weighted by Gasteiger charge is -2.16. The van der Waals surface area contributed by atoms with Crippen LogP contribution in [0.2, 0.25) is 0 Å². The van der Waals surface area contributed by atoms with Gasteiger partial charge in [-0.3, -0.25) is 4.79 Å². The number of alkyl halides is 3. The highest BCUT2D eigenvalue weighted by Crippen LogP contribution is 2.31. The van der Waals surface area contributed by atoms with Gasteiger partial charge in [-0.05, 0) is 40.8 Å². The predicted molar refractivity (Wildman–Crippen MR) is 144 cm³/mol. The highest BCUT2D eigenvalue weighted by molar-refractivity contribution is 7.14. The minimum absolute atomic E-state index is 0.0899. The first-order valence-corrected chi connectivity index (χ1v) is 12.9. The SMILES string of the molecule is CC(C)(C)c1ccc(C(=O)NC(Cc2ccc(-c3ncc(-c4ccc(C(F)(F)F)cc4)cn3)cc2)C(=O)O)s1. The highest BCUT2D eigenvalue weighted by Gasteiger charge is 2.30. The smallest absolute Gasteiger partial charge is 0.416 e. The summed E-state index contributed by atoms with van der Waals surface area (Å²) in [7, 11) is 0. The Bertz CT molecular complexity index is 1460. The lowest BCUT2D eigenvalue weighted by molar-refractivity contribution is -0.139. The number of nitrogens with one attached hydrogen (secondary N) is 1. The number of aromatic nitrogens is 2. The van der Waals surface area contributed by atoms with Crippen LogP contribution in [0.3, 0.4) is 0 Å². The van der Waals surface area contributed by atoms with Crippen LogP contribution in [0.15, 0.2) is 73.1 Å². The van der Waals surface area contributed by atoms with Crippen molar-refractivity contribution in [2.24, 2.45) is 0 Å². The van der Waals surface area contributed by atoms with Crippen LogP contribution in [0.1, 0.15) is 46.4 Å². The van der Waals surface area contributed by atoms with Crippen molar-refractivity contribution in [3.8, 4) is 22.5 Å². The number of halogens is 3. The van der Waals surface area contributed by atoms with E-state index in [2.05, 4.69) is 15.3 Å². The Morgan fingerprint density at radius 3 is 1.97 bits per heavy atom. The number of amides is 1. The largest absolute Gasteiger partial charge is 0.480 e. The Kier molecular flexibility index (Phi) is 7.87. The van der Waals surface area contributed by atoms with Gasteiger partial charge in [0.05, 0.1) is 10.4 Å². The summed E-state index contributed by atoms with van der Waals surface area (Å²) in [5.41, 5.74) is 1.68. The molecule has 4 rings (SSSR count). The van der Waals surface area contributed by atoms with Crippen LogP contribution in [0.5, 0.6) is 0 Å². The van der Waals surface area contributed by atoms with E-state index in [0.717, 1.165) is 17.0 Å². The molecule has 0 radical (unpaired) electrons. The first-order chi connectivity index (χ1) is 18.3. The van der Waals surface area contributed by atoms with Gasteiger partial charge in [-0.1, -0.05) is 57.2 Å². The van der Waals surface area contributed by atoms with Gasteiger partial charge >= 0.3 is 12.1 Å². The second-order valence-corrected chi connectivity index (χ2v) is 11.1. The molecule has 0 aliphatic heterocycles. The number of hydrogen-bond acceptors (Lipinski definition) is 5. The fraction of sp³-hybridized carbons (Fsp3) is 0.241. The maximum absolute atomic E-state index is 12.8. The Balaban J connectivity index is 1.42. The van der Waals surface area contributed by atoms with Crippen molar-refractivity contribution in [1.29, 1.82) is 0 Å². The Labute approximate surface area is 227 Å². The van der Waals surface area contributed by atoms with Crippen molar-refractivity contribution >= 4 is 23.2 Å². The summed E-state index contributed by atoms with van der Waals surface area (Å²) in [4.78, 5) is 34.7. The highest BCUT2D eigenvalue weighted by atomic mass is 32.1. The molecular weight excluding hydrogens is 527 g/mol. The molecule has 2 aromatic heterocycles. The molecule has 2 N–H and O–H groups in total. The number of thiophene rings is 1. The van der Waals surface area contributed by atoms with Gasteiger partial charge in [-0.2, -0.15) is 13.2 Å². The van der Waals surface area contributed by atoms with E-state index in [9.17, 15) is 27.9 Å². The average Bonchev–Trinajstić information content (AvgIpc) is 3.40. The fourth-order valence-electron chi connectivity index (χ4n) is 3.80. The van der Waals surface area contributed by atoms with Crippen LogP contribution in [0, 0.1) is 0 Å². The second kappa shape index (κ2) is 11.0. The molecule has 10 heteroatoms. The van der Waals surface area contributed by atoms with Gasteiger partial charge in [0.15, 0.2) is 5.82 Å². The number of carbonyl (C=O) groups excluding carboxylic acids is 1. The summed E-state index contributed by atoms with van der Waals surface area (Å²) in [6, 6.07) is 14.2. The normalized spacial score (nSPS) is 12.7. The zero-order valence-corrected chi connectivity index (χ0v) is 22.2. The van der Waals surface area contributed by atoms with E-state index in [4.69, 9.17) is 0 Å². The molecule has 1 atom stereocenters. The minimum Gasteiger partial charge on any atom is -0.480 e. The van der Waals surface area contributed by atoms with Gasteiger partial charge in [0.25, 0.3) is 5.91 Å². The van der Waals surface area contributed by atoms with Crippen molar-refractivity contribution < 1.29 is 27.9 Å². The van der Waals surface area contributed by atoms with Crippen LogP contribution in [0.4, 0.5) is 13.2 Å². The molecule has 202 valence electrons. The van der Waals surface area contributed by atoms with Crippen molar-refractivity contribution in [2.75, 3.05) is 0 Å². The third-order valence-corrected chi connectivity index (χ3v) is 7.53. The van der Waals surface area contributed by atoms with E-state index < -0.39 is 29.7 Å². The third-order valence-electron chi connectivity index (χ3n) is 6.02. The van der Waals surface area contributed by atoms with Crippen molar-refractivity contribution in [1.82, 2.24) is 15.3 Å². The number of carboxylic acid groups (broad SMARTS) is 1. The van der Waals surface area contributed by atoms with Crippen LogP contribution in [-0.4, -0.2) is 33.0 Å². The summed E-state index contributed by atoms with van der Waals surface area (Å²) in [6.07, 6.45) is -1.25. The number of aliphatic carboxylic acids is 1. The molecule has 0 spiro atoms. The topological polar surface area (TPSA) is 92.2 Å². The monoisotopic (exact) mass is 553 g/mol. The van der Waals surface area contributed by atoms with E-state index in [0.29, 0.717) is 33.0 Å². The molecule has 2 aromatic carbocycles. The predicted octanol–water partition coefficient (Wildman–Crippen LogP) is 6.61. The Morgan fingerprint density at radius 1 is 0.872 bits per heavy atom. The van der Waals surface area contributed by atoms with E-state index in [1.165, 1.54) is 35.9 Å². The molecule has 39 heavy (non-hydrogen) atoms. The number of rotatable bonds is 7. The molecule has 0 aliphatic rings. The number of nitrogens with zero attached hydrogens (tertiary/aromatic N) is 2. The molecule has 6 nitrogen and oxygen atoms in total. The number of carboxylic acids is 1. The molecule has 0 saturated carbocycles. The summed E-state index contributed by atoms with van der Waals surface area (Å²) in [6.45, 7) is 6.13. The minimum atomic E-state index is -4.40.